The monoisotopic (exact) mass is 241 g/mol. The van der Waals surface area contributed by atoms with E-state index < -0.39 is 12.0 Å². The van der Waals surface area contributed by atoms with Crippen molar-refractivity contribution < 1.29 is 9.90 Å². The van der Waals surface area contributed by atoms with Crippen LogP contribution in [0.25, 0.3) is 0 Å². The van der Waals surface area contributed by atoms with Crippen LogP contribution in [0.3, 0.4) is 0 Å². The van der Waals surface area contributed by atoms with Crippen LogP contribution in [-0.2, 0) is 11.3 Å². The van der Waals surface area contributed by atoms with Gasteiger partial charge in [-0.25, -0.2) is 0 Å². The molecule has 0 saturated carbocycles. The van der Waals surface area contributed by atoms with Gasteiger partial charge in [-0.15, -0.1) is 11.3 Å². The van der Waals surface area contributed by atoms with Crippen LogP contribution in [0.15, 0.2) is 17.5 Å². The summed E-state index contributed by atoms with van der Waals surface area (Å²) in [5, 5.41) is 14.3. The van der Waals surface area contributed by atoms with Crippen molar-refractivity contribution in [2.45, 2.75) is 39.3 Å². The topological polar surface area (TPSA) is 49.3 Å². The number of carboxylic acids is 1. The quantitative estimate of drug-likeness (QED) is 0.771. The number of hydrogen-bond donors (Lipinski definition) is 2. The lowest BCUT2D eigenvalue weighted by molar-refractivity contribution is -0.141. The van der Waals surface area contributed by atoms with E-state index in [0.29, 0.717) is 6.54 Å². The van der Waals surface area contributed by atoms with Gasteiger partial charge < -0.3 is 5.11 Å². The maximum Gasteiger partial charge on any atom is 0.320 e. The second-order valence-electron chi connectivity index (χ2n) is 3.85. The van der Waals surface area contributed by atoms with Crippen LogP contribution in [0.5, 0.6) is 0 Å². The van der Waals surface area contributed by atoms with E-state index in [2.05, 4.69) is 5.32 Å². The molecule has 0 aliphatic carbocycles. The number of carboxylic acid groups (broad SMARTS) is 1. The lowest BCUT2D eigenvalue weighted by Gasteiger charge is -2.22. The van der Waals surface area contributed by atoms with Crippen molar-refractivity contribution in [2.24, 2.45) is 5.92 Å². The summed E-state index contributed by atoms with van der Waals surface area (Å²) in [4.78, 5) is 12.3. The summed E-state index contributed by atoms with van der Waals surface area (Å²) >= 11 is 1.65. The molecule has 1 aromatic heterocycles. The molecule has 4 heteroatoms. The average Bonchev–Trinajstić information content (AvgIpc) is 2.76. The summed E-state index contributed by atoms with van der Waals surface area (Å²) in [7, 11) is 0. The summed E-state index contributed by atoms with van der Waals surface area (Å²) in [6.45, 7) is 4.72. The van der Waals surface area contributed by atoms with Gasteiger partial charge in [-0.05, 0) is 17.4 Å². The van der Waals surface area contributed by atoms with Crippen molar-refractivity contribution in [3.8, 4) is 0 Å². The molecule has 2 N–H and O–H groups in total. The van der Waals surface area contributed by atoms with Crippen LogP contribution < -0.4 is 5.32 Å². The molecule has 0 aliphatic rings. The largest absolute Gasteiger partial charge is 0.480 e. The van der Waals surface area contributed by atoms with Gasteiger partial charge in [-0.2, -0.15) is 0 Å². The molecular weight excluding hydrogens is 222 g/mol. The van der Waals surface area contributed by atoms with E-state index in [0.717, 1.165) is 12.8 Å². The Hall–Kier alpha value is -0.870. The van der Waals surface area contributed by atoms with E-state index in [9.17, 15) is 9.90 Å². The Morgan fingerprint density at radius 2 is 2.19 bits per heavy atom. The van der Waals surface area contributed by atoms with Gasteiger partial charge in [0.25, 0.3) is 0 Å². The SMILES string of the molecule is CCC(CC)C(NCc1cccs1)C(=O)O. The Kier molecular flexibility index (Phi) is 5.49. The summed E-state index contributed by atoms with van der Waals surface area (Å²) in [5.41, 5.74) is 0. The number of hydrogen-bond acceptors (Lipinski definition) is 3. The summed E-state index contributed by atoms with van der Waals surface area (Å²) in [6, 6.07) is 3.56. The third-order valence-electron chi connectivity index (χ3n) is 2.86. The van der Waals surface area contributed by atoms with E-state index in [1.165, 1.54) is 4.88 Å². The minimum Gasteiger partial charge on any atom is -0.480 e. The van der Waals surface area contributed by atoms with Gasteiger partial charge in [0.1, 0.15) is 6.04 Å². The van der Waals surface area contributed by atoms with Gasteiger partial charge in [-0.1, -0.05) is 32.8 Å². The van der Waals surface area contributed by atoms with E-state index in [-0.39, 0.29) is 5.92 Å². The first-order chi connectivity index (χ1) is 7.69. The molecule has 1 aromatic rings. The maximum absolute atomic E-state index is 11.2. The van der Waals surface area contributed by atoms with Gasteiger partial charge in [-0.3, -0.25) is 10.1 Å². The first kappa shape index (κ1) is 13.2. The number of aliphatic carboxylic acids is 1. The second kappa shape index (κ2) is 6.66. The summed E-state index contributed by atoms with van der Waals surface area (Å²) in [6.07, 6.45) is 1.79. The standard InChI is InChI=1S/C12H19NO2S/c1-3-9(4-2)11(12(14)15)13-8-10-6-5-7-16-10/h5-7,9,11,13H,3-4,8H2,1-2H3,(H,14,15). The Bertz CT molecular complexity index is 307. The number of rotatable bonds is 7. The Labute approximate surface area is 100 Å². The Morgan fingerprint density at radius 1 is 1.50 bits per heavy atom. The van der Waals surface area contributed by atoms with E-state index in [1.807, 2.05) is 31.4 Å². The molecule has 0 spiro atoms. The molecule has 0 radical (unpaired) electrons. The third kappa shape index (κ3) is 3.61. The molecule has 1 unspecified atom stereocenters. The zero-order valence-corrected chi connectivity index (χ0v) is 10.6. The van der Waals surface area contributed by atoms with Crippen molar-refractivity contribution in [3.05, 3.63) is 22.4 Å². The molecule has 16 heavy (non-hydrogen) atoms. The predicted octanol–water partition coefficient (Wildman–Crippen LogP) is 2.73. The van der Waals surface area contributed by atoms with E-state index in [4.69, 9.17) is 0 Å². The molecule has 1 rings (SSSR count). The molecule has 90 valence electrons. The smallest absolute Gasteiger partial charge is 0.320 e. The van der Waals surface area contributed by atoms with Crippen LogP contribution in [0.2, 0.25) is 0 Å². The minimum atomic E-state index is -0.745. The van der Waals surface area contributed by atoms with Crippen molar-refractivity contribution in [2.75, 3.05) is 0 Å². The highest BCUT2D eigenvalue weighted by Gasteiger charge is 2.24. The Balaban J connectivity index is 2.54. The van der Waals surface area contributed by atoms with E-state index in [1.54, 1.807) is 11.3 Å². The number of nitrogens with one attached hydrogen (secondary N) is 1. The van der Waals surface area contributed by atoms with Crippen LogP contribution in [0, 0.1) is 5.92 Å². The van der Waals surface area contributed by atoms with Crippen molar-refractivity contribution in [1.29, 1.82) is 0 Å². The maximum atomic E-state index is 11.2. The van der Waals surface area contributed by atoms with Crippen molar-refractivity contribution in [1.82, 2.24) is 5.32 Å². The molecule has 0 bridgehead atoms. The molecule has 3 nitrogen and oxygen atoms in total. The number of carbonyl (C=O) groups is 1. The summed E-state index contributed by atoms with van der Waals surface area (Å²) < 4.78 is 0. The fourth-order valence-electron chi connectivity index (χ4n) is 1.84. The molecule has 0 fully saturated rings. The first-order valence-corrected chi connectivity index (χ1v) is 6.55. The fourth-order valence-corrected chi connectivity index (χ4v) is 2.50. The molecule has 1 atom stereocenters. The predicted molar refractivity (Wildman–Crippen MR) is 66.7 cm³/mol. The van der Waals surface area contributed by atoms with Gasteiger partial charge in [0.15, 0.2) is 0 Å². The third-order valence-corrected chi connectivity index (χ3v) is 3.74. The van der Waals surface area contributed by atoms with Crippen LogP contribution in [0.1, 0.15) is 31.6 Å². The normalized spacial score (nSPS) is 12.9. The van der Waals surface area contributed by atoms with E-state index >= 15 is 0 Å². The van der Waals surface area contributed by atoms with Gasteiger partial charge in [0.2, 0.25) is 0 Å². The zero-order valence-electron chi connectivity index (χ0n) is 9.77. The van der Waals surface area contributed by atoms with Crippen LogP contribution in [0.4, 0.5) is 0 Å². The van der Waals surface area contributed by atoms with Crippen LogP contribution >= 0.6 is 11.3 Å². The van der Waals surface area contributed by atoms with Crippen molar-refractivity contribution >= 4 is 17.3 Å². The number of thiophene rings is 1. The Morgan fingerprint density at radius 3 is 2.62 bits per heavy atom. The minimum absolute atomic E-state index is 0.206. The van der Waals surface area contributed by atoms with Gasteiger partial charge in [0, 0.05) is 11.4 Å². The van der Waals surface area contributed by atoms with Crippen LogP contribution in [-0.4, -0.2) is 17.1 Å². The first-order valence-electron chi connectivity index (χ1n) is 5.67. The molecule has 0 aromatic carbocycles. The molecular formula is C12H19NO2S. The summed E-state index contributed by atoms with van der Waals surface area (Å²) in [5.74, 6) is -0.539. The fraction of sp³-hybridized carbons (Fsp3) is 0.583. The molecule has 0 aliphatic heterocycles. The zero-order chi connectivity index (χ0) is 12.0. The highest BCUT2D eigenvalue weighted by molar-refractivity contribution is 7.09. The van der Waals surface area contributed by atoms with Gasteiger partial charge in [0.05, 0.1) is 0 Å². The highest BCUT2D eigenvalue weighted by atomic mass is 32.1. The average molecular weight is 241 g/mol. The molecule has 0 saturated heterocycles. The highest BCUT2D eigenvalue weighted by Crippen LogP contribution is 2.15. The lowest BCUT2D eigenvalue weighted by atomic mass is 9.94. The van der Waals surface area contributed by atoms with Crippen molar-refractivity contribution in [3.63, 3.8) is 0 Å². The molecule has 0 amide bonds. The second-order valence-corrected chi connectivity index (χ2v) is 4.88. The van der Waals surface area contributed by atoms with Gasteiger partial charge >= 0.3 is 5.97 Å². The lowest BCUT2D eigenvalue weighted by Crippen LogP contribution is -2.42. The molecule has 1 heterocycles.